The van der Waals surface area contributed by atoms with E-state index in [4.69, 9.17) is 11.6 Å². The molecule has 0 fully saturated rings. The summed E-state index contributed by atoms with van der Waals surface area (Å²) in [6.45, 7) is 3.93. The van der Waals surface area contributed by atoms with Gasteiger partial charge in [0.2, 0.25) is 0 Å². The smallest absolute Gasteiger partial charge is 0.128 e. The molecule has 0 aliphatic heterocycles. The van der Waals surface area contributed by atoms with Crippen LogP contribution in [-0.2, 0) is 0 Å². The van der Waals surface area contributed by atoms with Crippen LogP contribution >= 0.6 is 11.6 Å². The Labute approximate surface area is 118 Å². The molecular formula is C16H17ClFN. The van der Waals surface area contributed by atoms with E-state index in [1.807, 2.05) is 45.2 Å². The number of halogens is 2. The second-order valence-corrected chi connectivity index (χ2v) is 5.18. The normalized spacial score (nSPS) is 12.5. The van der Waals surface area contributed by atoms with Crippen molar-refractivity contribution in [3.8, 4) is 0 Å². The number of nitrogens with one attached hydrogen (secondary N) is 1. The van der Waals surface area contributed by atoms with E-state index in [1.54, 1.807) is 6.07 Å². The first-order chi connectivity index (χ1) is 9.02. The lowest BCUT2D eigenvalue weighted by molar-refractivity contribution is 0.575. The van der Waals surface area contributed by atoms with Crippen molar-refractivity contribution in [2.24, 2.45) is 0 Å². The fourth-order valence-corrected chi connectivity index (χ4v) is 2.57. The summed E-state index contributed by atoms with van der Waals surface area (Å²) in [6.07, 6.45) is 0. The molecule has 0 bridgehead atoms. The van der Waals surface area contributed by atoms with Gasteiger partial charge >= 0.3 is 0 Å². The Morgan fingerprint density at radius 1 is 1.00 bits per heavy atom. The molecule has 0 heterocycles. The predicted molar refractivity (Wildman–Crippen MR) is 78.2 cm³/mol. The van der Waals surface area contributed by atoms with E-state index in [9.17, 15) is 4.39 Å². The molecule has 1 nitrogen and oxygen atoms in total. The van der Waals surface area contributed by atoms with Gasteiger partial charge in [-0.2, -0.15) is 0 Å². The number of aryl methyl sites for hydroxylation is 2. The Hall–Kier alpha value is -1.38. The molecule has 1 atom stereocenters. The SMILES string of the molecule is CNC(c1cc(C)ccc1F)c1ccc(C)cc1Cl. The van der Waals surface area contributed by atoms with Crippen LogP contribution < -0.4 is 5.32 Å². The molecule has 1 unspecified atom stereocenters. The summed E-state index contributed by atoms with van der Waals surface area (Å²) in [5.41, 5.74) is 3.63. The lowest BCUT2D eigenvalue weighted by atomic mass is 9.96. The molecule has 2 rings (SSSR count). The zero-order valence-electron chi connectivity index (χ0n) is 11.3. The van der Waals surface area contributed by atoms with E-state index < -0.39 is 0 Å². The summed E-state index contributed by atoms with van der Waals surface area (Å²) in [7, 11) is 1.81. The van der Waals surface area contributed by atoms with Gasteiger partial charge in [-0.1, -0.05) is 41.4 Å². The summed E-state index contributed by atoms with van der Waals surface area (Å²) >= 11 is 6.28. The van der Waals surface area contributed by atoms with Gasteiger partial charge in [-0.25, -0.2) is 4.39 Å². The average Bonchev–Trinajstić information content (AvgIpc) is 2.36. The Kier molecular flexibility index (Phi) is 4.23. The van der Waals surface area contributed by atoms with Gasteiger partial charge in [0.1, 0.15) is 5.82 Å². The highest BCUT2D eigenvalue weighted by atomic mass is 35.5. The number of rotatable bonds is 3. The highest BCUT2D eigenvalue weighted by Gasteiger charge is 2.18. The Bertz CT molecular complexity index is 595. The molecule has 0 spiro atoms. The second-order valence-electron chi connectivity index (χ2n) is 4.77. The lowest BCUT2D eigenvalue weighted by Gasteiger charge is -2.20. The fourth-order valence-electron chi connectivity index (χ4n) is 2.23. The van der Waals surface area contributed by atoms with Gasteiger partial charge in [-0.15, -0.1) is 0 Å². The van der Waals surface area contributed by atoms with E-state index in [-0.39, 0.29) is 11.9 Å². The molecule has 2 aromatic rings. The van der Waals surface area contributed by atoms with Crippen molar-refractivity contribution in [1.82, 2.24) is 5.32 Å². The van der Waals surface area contributed by atoms with Crippen LogP contribution in [0, 0.1) is 19.7 Å². The third-order valence-electron chi connectivity index (χ3n) is 3.22. The number of hydrogen-bond acceptors (Lipinski definition) is 1. The number of hydrogen-bond donors (Lipinski definition) is 1. The van der Waals surface area contributed by atoms with Gasteiger partial charge in [0, 0.05) is 10.6 Å². The molecule has 0 saturated carbocycles. The molecular weight excluding hydrogens is 261 g/mol. The molecule has 0 saturated heterocycles. The largest absolute Gasteiger partial charge is 0.309 e. The Morgan fingerprint density at radius 3 is 2.26 bits per heavy atom. The van der Waals surface area contributed by atoms with Crippen LogP contribution in [0.15, 0.2) is 36.4 Å². The Balaban J connectivity index is 2.52. The van der Waals surface area contributed by atoms with E-state index in [2.05, 4.69) is 5.32 Å². The van der Waals surface area contributed by atoms with Gasteiger partial charge in [0.05, 0.1) is 6.04 Å². The summed E-state index contributed by atoms with van der Waals surface area (Å²) in [6, 6.07) is 10.7. The minimum atomic E-state index is -0.243. The fraction of sp³-hybridized carbons (Fsp3) is 0.250. The van der Waals surface area contributed by atoms with Crippen molar-refractivity contribution in [2.75, 3.05) is 7.05 Å². The van der Waals surface area contributed by atoms with Crippen LogP contribution in [0.1, 0.15) is 28.3 Å². The summed E-state index contributed by atoms with van der Waals surface area (Å²) < 4.78 is 14.0. The van der Waals surface area contributed by atoms with Crippen molar-refractivity contribution in [1.29, 1.82) is 0 Å². The van der Waals surface area contributed by atoms with Crippen LogP contribution in [0.5, 0.6) is 0 Å². The lowest BCUT2D eigenvalue weighted by Crippen LogP contribution is -2.19. The predicted octanol–water partition coefficient (Wildman–Crippen LogP) is 4.40. The first-order valence-electron chi connectivity index (χ1n) is 6.22. The third-order valence-corrected chi connectivity index (χ3v) is 3.55. The molecule has 2 aromatic carbocycles. The molecule has 3 heteroatoms. The van der Waals surface area contributed by atoms with Gasteiger partial charge in [-0.05, 0) is 44.2 Å². The molecule has 1 N–H and O–H groups in total. The monoisotopic (exact) mass is 277 g/mol. The van der Waals surface area contributed by atoms with Crippen molar-refractivity contribution < 1.29 is 4.39 Å². The highest BCUT2D eigenvalue weighted by molar-refractivity contribution is 6.31. The molecule has 0 aromatic heterocycles. The molecule has 100 valence electrons. The summed E-state index contributed by atoms with van der Waals surface area (Å²) in [5, 5.41) is 3.79. The average molecular weight is 278 g/mol. The van der Waals surface area contributed by atoms with Crippen molar-refractivity contribution in [2.45, 2.75) is 19.9 Å². The minimum absolute atomic E-state index is 0.221. The van der Waals surface area contributed by atoms with Crippen molar-refractivity contribution in [3.63, 3.8) is 0 Å². The van der Waals surface area contributed by atoms with Crippen LogP contribution in [0.25, 0.3) is 0 Å². The summed E-state index contributed by atoms with van der Waals surface area (Å²) in [4.78, 5) is 0. The number of benzene rings is 2. The van der Waals surface area contributed by atoms with E-state index in [0.29, 0.717) is 10.6 Å². The highest BCUT2D eigenvalue weighted by Crippen LogP contribution is 2.30. The first-order valence-corrected chi connectivity index (χ1v) is 6.60. The zero-order valence-corrected chi connectivity index (χ0v) is 12.1. The molecule has 19 heavy (non-hydrogen) atoms. The second kappa shape index (κ2) is 5.72. The van der Waals surface area contributed by atoms with Crippen LogP contribution in [0.3, 0.4) is 0 Å². The van der Waals surface area contributed by atoms with Gasteiger partial charge in [0.15, 0.2) is 0 Å². The van der Waals surface area contributed by atoms with Crippen molar-refractivity contribution >= 4 is 11.6 Å². The maximum absolute atomic E-state index is 14.0. The van der Waals surface area contributed by atoms with Gasteiger partial charge < -0.3 is 5.32 Å². The molecule has 0 radical (unpaired) electrons. The van der Waals surface area contributed by atoms with E-state index in [0.717, 1.165) is 16.7 Å². The van der Waals surface area contributed by atoms with Crippen LogP contribution in [-0.4, -0.2) is 7.05 Å². The molecule has 0 aliphatic carbocycles. The maximum Gasteiger partial charge on any atom is 0.128 e. The van der Waals surface area contributed by atoms with Crippen molar-refractivity contribution in [3.05, 3.63) is 69.5 Å². The molecule has 0 amide bonds. The van der Waals surface area contributed by atoms with Gasteiger partial charge in [-0.3, -0.25) is 0 Å². The Morgan fingerprint density at radius 2 is 1.63 bits per heavy atom. The molecule has 0 aliphatic rings. The topological polar surface area (TPSA) is 12.0 Å². The standard InChI is InChI=1S/C16H17ClFN/c1-10-5-7-15(18)13(8-10)16(19-3)12-6-4-11(2)9-14(12)17/h4-9,16,19H,1-3H3. The third kappa shape index (κ3) is 2.96. The van der Waals surface area contributed by atoms with E-state index >= 15 is 0 Å². The van der Waals surface area contributed by atoms with E-state index in [1.165, 1.54) is 6.07 Å². The van der Waals surface area contributed by atoms with Gasteiger partial charge in [0.25, 0.3) is 0 Å². The van der Waals surface area contributed by atoms with Crippen LogP contribution in [0.2, 0.25) is 5.02 Å². The van der Waals surface area contributed by atoms with Crippen LogP contribution in [0.4, 0.5) is 4.39 Å². The zero-order chi connectivity index (χ0) is 14.0. The quantitative estimate of drug-likeness (QED) is 0.876. The summed E-state index contributed by atoms with van der Waals surface area (Å²) in [5.74, 6) is -0.221. The maximum atomic E-state index is 14.0. The minimum Gasteiger partial charge on any atom is -0.309 e. The first kappa shape index (κ1) is 14.0.